The third-order valence-electron chi connectivity index (χ3n) is 3.60. The number of nitro groups is 1. The minimum absolute atomic E-state index is 0.0800. The Bertz CT molecular complexity index is 774. The summed E-state index contributed by atoms with van der Waals surface area (Å²) in [6.45, 7) is 2.22. The maximum absolute atomic E-state index is 12.7. The summed E-state index contributed by atoms with van der Waals surface area (Å²) < 4.78 is 28.8. The third-order valence-corrected chi connectivity index (χ3v) is 5.05. The molecule has 3 rings (SSSR count). The Morgan fingerprint density at radius 2 is 1.83 bits per heavy atom. The lowest BCUT2D eigenvalue weighted by atomic mass is 10.1. The van der Waals surface area contributed by atoms with E-state index in [0.717, 1.165) is 11.1 Å². The Kier molecular flexibility index (Phi) is 4.66. The van der Waals surface area contributed by atoms with E-state index in [9.17, 15) is 14.7 Å². The molecule has 0 N–H and O–H groups in total. The van der Waals surface area contributed by atoms with Crippen LogP contribution in [0.25, 0.3) is 0 Å². The van der Waals surface area contributed by atoms with Gasteiger partial charge in [-0.25, -0.2) is 4.57 Å². The Morgan fingerprint density at radius 3 is 2.46 bits per heavy atom. The molecule has 0 aromatic heterocycles. The van der Waals surface area contributed by atoms with E-state index in [-0.39, 0.29) is 24.1 Å². The number of non-ortho nitro benzene ring substituents is 1. The van der Waals surface area contributed by atoms with Crippen molar-refractivity contribution in [1.82, 2.24) is 0 Å². The van der Waals surface area contributed by atoms with Crippen LogP contribution in [-0.4, -0.2) is 11.5 Å². The van der Waals surface area contributed by atoms with Crippen molar-refractivity contribution in [3.63, 3.8) is 0 Å². The topological polar surface area (TPSA) is 87.9 Å². The molecule has 0 radical (unpaired) electrons. The molecular formula is C16H16NO6P. The maximum Gasteiger partial charge on any atom is 0.530 e. The Hall–Kier alpha value is -2.21. The molecule has 126 valence electrons. The quantitative estimate of drug-likeness (QED) is 0.456. The van der Waals surface area contributed by atoms with Crippen molar-refractivity contribution in [3.05, 3.63) is 69.8 Å². The van der Waals surface area contributed by atoms with Crippen LogP contribution in [0.2, 0.25) is 0 Å². The molecule has 0 saturated carbocycles. The molecule has 1 heterocycles. The molecule has 24 heavy (non-hydrogen) atoms. The molecule has 2 aromatic rings. The van der Waals surface area contributed by atoms with Crippen molar-refractivity contribution >= 4 is 13.5 Å². The molecule has 1 aliphatic rings. The lowest BCUT2D eigenvalue weighted by molar-refractivity contribution is -0.384. The third kappa shape index (κ3) is 3.82. The van der Waals surface area contributed by atoms with E-state index >= 15 is 0 Å². The standard InChI is InChI=1S/C16H16NO6P/c1-12-2-4-13(5-3-12)16-10-11-21-24(20,23-16)22-15-8-6-14(7-9-15)17(18)19/h2-9,16H,10-11H2,1H3/t16-,24+/m1/s1. The van der Waals surface area contributed by atoms with Gasteiger partial charge < -0.3 is 4.52 Å². The van der Waals surface area contributed by atoms with Gasteiger partial charge in [-0.15, -0.1) is 0 Å². The van der Waals surface area contributed by atoms with Crippen molar-refractivity contribution in [2.45, 2.75) is 19.4 Å². The molecule has 0 bridgehead atoms. The first kappa shape index (κ1) is 16.6. The van der Waals surface area contributed by atoms with Crippen LogP contribution in [-0.2, 0) is 13.6 Å². The lowest BCUT2D eigenvalue weighted by Crippen LogP contribution is -2.16. The van der Waals surface area contributed by atoms with Crippen LogP contribution in [0.15, 0.2) is 48.5 Å². The summed E-state index contributed by atoms with van der Waals surface area (Å²) >= 11 is 0. The van der Waals surface area contributed by atoms with Crippen LogP contribution in [0.5, 0.6) is 5.75 Å². The SMILES string of the molecule is Cc1ccc([C@H]2CCO[P@@](=O)(Oc3ccc([N+](=O)[O-])cc3)O2)cc1. The molecule has 1 aliphatic heterocycles. The number of benzene rings is 2. The Morgan fingerprint density at radius 1 is 1.17 bits per heavy atom. The second-order valence-corrected chi connectivity index (χ2v) is 6.96. The van der Waals surface area contributed by atoms with Crippen LogP contribution in [0.3, 0.4) is 0 Å². The minimum Gasteiger partial charge on any atom is -0.404 e. The highest BCUT2D eigenvalue weighted by Gasteiger charge is 2.37. The zero-order chi connectivity index (χ0) is 17.2. The summed E-state index contributed by atoms with van der Waals surface area (Å²) in [6.07, 6.45) is 0.180. The summed E-state index contributed by atoms with van der Waals surface area (Å²) in [4.78, 5) is 10.1. The molecule has 0 unspecified atom stereocenters. The fraction of sp³-hybridized carbons (Fsp3) is 0.250. The highest BCUT2D eigenvalue weighted by molar-refractivity contribution is 7.49. The summed E-state index contributed by atoms with van der Waals surface area (Å²) in [5.74, 6) is 0.188. The van der Waals surface area contributed by atoms with Crippen LogP contribution < -0.4 is 4.52 Å². The largest absolute Gasteiger partial charge is 0.530 e. The van der Waals surface area contributed by atoms with Crippen molar-refractivity contribution in [2.75, 3.05) is 6.61 Å². The molecule has 0 amide bonds. The van der Waals surface area contributed by atoms with Gasteiger partial charge in [0, 0.05) is 18.6 Å². The second kappa shape index (κ2) is 6.73. The molecule has 1 saturated heterocycles. The molecule has 0 spiro atoms. The number of phosphoric acid groups is 1. The Balaban J connectivity index is 1.73. The van der Waals surface area contributed by atoms with Gasteiger partial charge in [0.05, 0.1) is 17.6 Å². The molecule has 2 aromatic carbocycles. The monoisotopic (exact) mass is 349 g/mol. The number of hydrogen-bond acceptors (Lipinski definition) is 6. The summed E-state index contributed by atoms with van der Waals surface area (Å²) in [7, 11) is -3.78. The lowest BCUT2D eigenvalue weighted by Gasteiger charge is -2.29. The van der Waals surface area contributed by atoms with E-state index in [4.69, 9.17) is 13.6 Å². The summed E-state index contributed by atoms with van der Waals surface area (Å²) in [5, 5.41) is 10.6. The number of nitrogens with zero attached hydrogens (tertiary/aromatic N) is 1. The second-order valence-electron chi connectivity index (χ2n) is 5.42. The van der Waals surface area contributed by atoms with Crippen molar-refractivity contribution in [1.29, 1.82) is 0 Å². The number of phosphoric ester groups is 1. The smallest absolute Gasteiger partial charge is 0.404 e. The van der Waals surface area contributed by atoms with E-state index < -0.39 is 12.7 Å². The van der Waals surface area contributed by atoms with Crippen LogP contribution >= 0.6 is 7.82 Å². The van der Waals surface area contributed by atoms with Gasteiger partial charge in [0.1, 0.15) is 5.75 Å². The van der Waals surface area contributed by atoms with Crippen molar-refractivity contribution in [2.24, 2.45) is 0 Å². The van der Waals surface area contributed by atoms with Crippen LogP contribution in [0, 0.1) is 17.0 Å². The van der Waals surface area contributed by atoms with Gasteiger partial charge in [0.15, 0.2) is 0 Å². The highest BCUT2D eigenvalue weighted by atomic mass is 31.2. The first-order valence-electron chi connectivity index (χ1n) is 7.39. The van der Waals surface area contributed by atoms with Gasteiger partial charge in [0.2, 0.25) is 0 Å². The molecule has 0 aliphatic carbocycles. The normalized spacial score (nSPS) is 23.6. The number of nitro benzene ring substituents is 1. The maximum atomic E-state index is 12.7. The number of rotatable bonds is 4. The van der Waals surface area contributed by atoms with Gasteiger partial charge >= 0.3 is 7.82 Å². The average molecular weight is 349 g/mol. The molecule has 8 heteroatoms. The van der Waals surface area contributed by atoms with Crippen molar-refractivity contribution < 1.29 is 23.1 Å². The summed E-state index contributed by atoms with van der Waals surface area (Å²) in [6, 6.07) is 13.0. The number of hydrogen-bond donors (Lipinski definition) is 0. The fourth-order valence-corrected chi connectivity index (χ4v) is 3.73. The van der Waals surface area contributed by atoms with Crippen LogP contribution in [0.1, 0.15) is 23.7 Å². The van der Waals surface area contributed by atoms with E-state index in [1.807, 2.05) is 31.2 Å². The van der Waals surface area contributed by atoms with E-state index in [1.54, 1.807) is 0 Å². The first-order valence-corrected chi connectivity index (χ1v) is 8.85. The zero-order valence-electron chi connectivity index (χ0n) is 13.0. The summed E-state index contributed by atoms with van der Waals surface area (Å²) in [5.41, 5.74) is 1.94. The van der Waals surface area contributed by atoms with E-state index in [1.165, 1.54) is 24.3 Å². The Labute approximate surface area is 138 Å². The van der Waals surface area contributed by atoms with E-state index in [2.05, 4.69) is 0 Å². The minimum atomic E-state index is -3.78. The van der Waals surface area contributed by atoms with Gasteiger partial charge in [-0.05, 0) is 24.6 Å². The first-order chi connectivity index (χ1) is 11.5. The highest BCUT2D eigenvalue weighted by Crippen LogP contribution is 2.56. The predicted molar refractivity (Wildman–Crippen MR) is 86.9 cm³/mol. The van der Waals surface area contributed by atoms with E-state index in [0.29, 0.717) is 6.42 Å². The van der Waals surface area contributed by atoms with Crippen molar-refractivity contribution in [3.8, 4) is 5.75 Å². The molecule has 2 atom stereocenters. The van der Waals surface area contributed by atoms with Gasteiger partial charge in [0.25, 0.3) is 5.69 Å². The fourth-order valence-electron chi connectivity index (χ4n) is 2.32. The average Bonchev–Trinajstić information content (AvgIpc) is 2.55. The molecular weight excluding hydrogens is 333 g/mol. The van der Waals surface area contributed by atoms with Gasteiger partial charge in [-0.1, -0.05) is 29.8 Å². The van der Waals surface area contributed by atoms with Gasteiger partial charge in [-0.2, -0.15) is 0 Å². The molecule has 1 fully saturated rings. The molecule has 7 nitrogen and oxygen atoms in total. The van der Waals surface area contributed by atoms with Gasteiger partial charge in [-0.3, -0.25) is 19.2 Å². The number of aryl methyl sites for hydroxylation is 1. The van der Waals surface area contributed by atoms with Crippen LogP contribution in [0.4, 0.5) is 5.69 Å². The zero-order valence-corrected chi connectivity index (χ0v) is 13.8. The predicted octanol–water partition coefficient (Wildman–Crippen LogP) is 4.57.